The maximum Gasteiger partial charge on any atom is 0.138 e. The van der Waals surface area contributed by atoms with Crippen molar-refractivity contribution in [1.29, 1.82) is 0 Å². The summed E-state index contributed by atoms with van der Waals surface area (Å²) < 4.78 is 1.89. The first-order valence-electron chi connectivity index (χ1n) is 7.04. The molecule has 0 aliphatic heterocycles. The minimum atomic E-state index is -0.0786. The van der Waals surface area contributed by atoms with Gasteiger partial charge in [0.15, 0.2) is 0 Å². The van der Waals surface area contributed by atoms with Crippen LogP contribution in [0, 0.1) is 6.92 Å². The molecule has 0 aliphatic rings. The van der Waals surface area contributed by atoms with Crippen LogP contribution in [0.15, 0.2) is 42.6 Å². The molecule has 1 N–H and O–H groups in total. The number of pyridine rings is 1. The van der Waals surface area contributed by atoms with Gasteiger partial charge in [0.1, 0.15) is 5.65 Å². The molecule has 4 heteroatoms. The van der Waals surface area contributed by atoms with Gasteiger partial charge < -0.3 is 9.51 Å². The first-order chi connectivity index (χ1) is 10.2. The van der Waals surface area contributed by atoms with Crippen molar-refractivity contribution in [3.63, 3.8) is 0 Å². The van der Waals surface area contributed by atoms with E-state index < -0.39 is 0 Å². The predicted octanol–water partition coefficient (Wildman–Crippen LogP) is 4.48. The van der Waals surface area contributed by atoms with Crippen LogP contribution in [-0.2, 0) is 6.61 Å². The maximum atomic E-state index is 9.62. The number of nitrogens with zero attached hydrogens (tertiary/aromatic N) is 2. The van der Waals surface area contributed by atoms with E-state index in [4.69, 9.17) is 11.6 Å². The van der Waals surface area contributed by atoms with Gasteiger partial charge >= 0.3 is 0 Å². The lowest BCUT2D eigenvalue weighted by Crippen LogP contribution is -1.94. The molecule has 0 aliphatic carbocycles. The number of aryl methyl sites for hydroxylation is 1. The van der Waals surface area contributed by atoms with Gasteiger partial charge in [0.25, 0.3) is 0 Å². The zero-order valence-electron chi connectivity index (χ0n) is 12.5. The molecule has 0 saturated carbocycles. The molecular weight excluding hydrogens is 284 g/mol. The number of hydrogen-bond acceptors (Lipinski definition) is 2. The molecule has 3 rings (SSSR count). The van der Waals surface area contributed by atoms with Crippen LogP contribution in [0.3, 0.4) is 0 Å². The lowest BCUT2D eigenvalue weighted by Gasteiger charge is -2.03. The van der Waals surface area contributed by atoms with Crippen LogP contribution in [0.4, 0.5) is 0 Å². The van der Waals surface area contributed by atoms with Crippen molar-refractivity contribution >= 4 is 17.2 Å². The second-order valence-corrected chi connectivity index (χ2v) is 4.88. The Labute approximate surface area is 129 Å². The Hall–Kier alpha value is -1.84. The minimum Gasteiger partial charge on any atom is -0.390 e. The van der Waals surface area contributed by atoms with E-state index >= 15 is 0 Å². The molecule has 21 heavy (non-hydrogen) atoms. The van der Waals surface area contributed by atoms with Crippen LogP contribution in [0.25, 0.3) is 16.9 Å². The van der Waals surface area contributed by atoms with Crippen LogP contribution in [-0.4, -0.2) is 14.5 Å². The first kappa shape index (κ1) is 15.5. The lowest BCUT2D eigenvalue weighted by molar-refractivity contribution is 0.276. The van der Waals surface area contributed by atoms with E-state index in [2.05, 4.69) is 4.98 Å². The SMILES string of the molecule is CC.Cc1ccn2c(CO)c(-c3ccccc3Cl)nc2c1. The third-order valence-corrected chi connectivity index (χ3v) is 3.49. The average Bonchev–Trinajstić information content (AvgIpc) is 2.87. The van der Waals surface area contributed by atoms with Crippen molar-refractivity contribution in [2.75, 3.05) is 0 Å². The van der Waals surface area contributed by atoms with Gasteiger partial charge in [-0.05, 0) is 30.7 Å². The predicted molar refractivity (Wildman–Crippen MR) is 87.6 cm³/mol. The summed E-state index contributed by atoms with van der Waals surface area (Å²) in [7, 11) is 0. The molecule has 0 spiro atoms. The Morgan fingerprint density at radius 3 is 2.57 bits per heavy atom. The maximum absolute atomic E-state index is 9.62. The highest BCUT2D eigenvalue weighted by atomic mass is 35.5. The molecule has 0 bridgehead atoms. The Balaban J connectivity index is 0.000000774. The van der Waals surface area contributed by atoms with Gasteiger partial charge in [-0.3, -0.25) is 0 Å². The second-order valence-electron chi connectivity index (χ2n) is 4.48. The number of aliphatic hydroxyl groups is 1. The summed E-state index contributed by atoms with van der Waals surface area (Å²) in [5.41, 5.74) is 4.28. The number of halogens is 1. The molecule has 3 aromatic rings. The minimum absolute atomic E-state index is 0.0786. The van der Waals surface area contributed by atoms with E-state index in [1.807, 2.05) is 67.8 Å². The highest BCUT2D eigenvalue weighted by molar-refractivity contribution is 6.33. The monoisotopic (exact) mass is 302 g/mol. The van der Waals surface area contributed by atoms with E-state index in [1.54, 1.807) is 0 Å². The Kier molecular flexibility index (Phi) is 4.99. The Bertz CT molecular complexity index is 750. The molecule has 110 valence electrons. The molecule has 2 aromatic heterocycles. The number of imidazole rings is 1. The highest BCUT2D eigenvalue weighted by Crippen LogP contribution is 2.30. The third kappa shape index (κ3) is 2.94. The quantitative estimate of drug-likeness (QED) is 0.758. The van der Waals surface area contributed by atoms with Crippen LogP contribution in [0.2, 0.25) is 5.02 Å². The summed E-state index contributed by atoms with van der Waals surface area (Å²) in [6.07, 6.45) is 1.92. The lowest BCUT2D eigenvalue weighted by atomic mass is 10.1. The van der Waals surface area contributed by atoms with Gasteiger partial charge in [0, 0.05) is 11.8 Å². The molecule has 0 saturated heterocycles. The summed E-state index contributed by atoms with van der Waals surface area (Å²) in [5.74, 6) is 0. The van der Waals surface area contributed by atoms with Crippen molar-refractivity contribution in [3.8, 4) is 11.3 Å². The molecule has 0 unspecified atom stereocenters. The van der Waals surface area contributed by atoms with E-state index in [9.17, 15) is 5.11 Å². The molecule has 0 fully saturated rings. The van der Waals surface area contributed by atoms with Gasteiger partial charge in [-0.15, -0.1) is 0 Å². The molecule has 1 aromatic carbocycles. The van der Waals surface area contributed by atoms with Gasteiger partial charge in [-0.25, -0.2) is 4.98 Å². The molecule has 0 radical (unpaired) electrons. The normalized spacial score (nSPS) is 10.3. The van der Waals surface area contributed by atoms with E-state index in [0.717, 1.165) is 28.2 Å². The van der Waals surface area contributed by atoms with Crippen molar-refractivity contribution in [3.05, 3.63) is 58.9 Å². The second kappa shape index (κ2) is 6.74. The summed E-state index contributed by atoms with van der Waals surface area (Å²) in [6.45, 7) is 5.94. The topological polar surface area (TPSA) is 37.5 Å². The van der Waals surface area contributed by atoms with Gasteiger partial charge in [-0.1, -0.05) is 43.6 Å². The molecule has 3 nitrogen and oxygen atoms in total. The molecule has 0 amide bonds. The van der Waals surface area contributed by atoms with Crippen molar-refractivity contribution in [1.82, 2.24) is 9.38 Å². The fourth-order valence-corrected chi connectivity index (χ4v) is 2.44. The fraction of sp³-hybridized carbons (Fsp3) is 0.235. The Morgan fingerprint density at radius 1 is 1.19 bits per heavy atom. The fourth-order valence-electron chi connectivity index (χ4n) is 2.22. The number of aliphatic hydroxyl groups excluding tert-OH is 1. The highest BCUT2D eigenvalue weighted by Gasteiger charge is 2.15. The van der Waals surface area contributed by atoms with Crippen molar-refractivity contribution < 1.29 is 5.11 Å². The number of hydrogen-bond donors (Lipinski definition) is 1. The van der Waals surface area contributed by atoms with Gasteiger partial charge in [0.05, 0.1) is 23.0 Å². The first-order valence-corrected chi connectivity index (χ1v) is 7.42. The largest absolute Gasteiger partial charge is 0.390 e. The number of fused-ring (bicyclic) bond motifs is 1. The molecule has 2 heterocycles. The smallest absolute Gasteiger partial charge is 0.138 e. The third-order valence-electron chi connectivity index (χ3n) is 3.16. The Morgan fingerprint density at radius 2 is 1.90 bits per heavy atom. The molecule has 0 atom stereocenters. The van der Waals surface area contributed by atoms with E-state index in [1.165, 1.54) is 0 Å². The average molecular weight is 303 g/mol. The number of benzene rings is 1. The van der Waals surface area contributed by atoms with E-state index in [-0.39, 0.29) is 6.61 Å². The standard InChI is InChI=1S/C15H13ClN2O.C2H6/c1-10-6-7-18-13(9-19)15(17-14(18)8-10)11-4-2-3-5-12(11)16;1-2/h2-8,19H,9H2,1H3;1-2H3. The van der Waals surface area contributed by atoms with Gasteiger partial charge in [0.2, 0.25) is 0 Å². The van der Waals surface area contributed by atoms with Gasteiger partial charge in [-0.2, -0.15) is 0 Å². The summed E-state index contributed by atoms with van der Waals surface area (Å²) in [6, 6.07) is 11.5. The number of aromatic nitrogens is 2. The molecular formula is C17H19ClN2O. The van der Waals surface area contributed by atoms with Crippen LogP contribution < -0.4 is 0 Å². The summed E-state index contributed by atoms with van der Waals surface area (Å²) in [4.78, 5) is 4.59. The van der Waals surface area contributed by atoms with E-state index in [0.29, 0.717) is 5.02 Å². The van der Waals surface area contributed by atoms with Crippen molar-refractivity contribution in [2.45, 2.75) is 27.4 Å². The zero-order valence-corrected chi connectivity index (χ0v) is 13.2. The zero-order chi connectivity index (χ0) is 15.4. The van der Waals surface area contributed by atoms with Crippen molar-refractivity contribution in [2.24, 2.45) is 0 Å². The van der Waals surface area contributed by atoms with Crippen LogP contribution in [0.5, 0.6) is 0 Å². The summed E-state index contributed by atoms with van der Waals surface area (Å²) in [5, 5.41) is 10.3. The van der Waals surface area contributed by atoms with Crippen LogP contribution >= 0.6 is 11.6 Å². The summed E-state index contributed by atoms with van der Waals surface area (Å²) >= 11 is 6.22. The number of rotatable bonds is 2. The van der Waals surface area contributed by atoms with Crippen LogP contribution in [0.1, 0.15) is 25.1 Å².